The number of ether oxygens (including phenoxy) is 1. The lowest BCUT2D eigenvalue weighted by molar-refractivity contribution is 0.313. The Hall–Kier alpha value is -4.30. The van der Waals surface area contributed by atoms with Crippen molar-refractivity contribution >= 4 is 39.8 Å². The minimum absolute atomic E-state index is 0.171. The SMILES string of the molecule is C/C=C(\C=C=C/C(F)=C\C)CC(=NC(=C(C)CC)c1cn(Cc2ccc(Cl)cc2F)c2cc(N3CCN(C)CC3)ccc2c1=O)OC.CF. The molecule has 10 heteroatoms. The molecule has 1 aromatic heterocycles. The molecule has 2 heterocycles. The second kappa shape index (κ2) is 19.0. The fraction of sp³-hybridized carbons (Fsp3) is 0.359. The van der Waals surface area contributed by atoms with Crippen LogP contribution in [0.1, 0.15) is 51.7 Å². The van der Waals surface area contributed by atoms with Gasteiger partial charge in [-0.1, -0.05) is 36.7 Å². The summed E-state index contributed by atoms with van der Waals surface area (Å²) in [6.07, 6.45) is 8.89. The second-order valence-electron chi connectivity index (χ2n) is 11.6. The summed E-state index contributed by atoms with van der Waals surface area (Å²) in [7, 11) is 4.14. The Morgan fingerprint density at radius 1 is 1.06 bits per heavy atom. The van der Waals surface area contributed by atoms with E-state index in [1.807, 2.05) is 49.6 Å². The van der Waals surface area contributed by atoms with Gasteiger partial charge in [-0.25, -0.2) is 13.8 Å². The zero-order chi connectivity index (χ0) is 36.1. The van der Waals surface area contributed by atoms with Gasteiger partial charge in [0.25, 0.3) is 0 Å². The molecule has 0 unspecified atom stereocenters. The van der Waals surface area contributed by atoms with Crippen LogP contribution in [0.4, 0.5) is 18.9 Å². The number of hydrogen-bond acceptors (Lipinski definition) is 5. The third-order valence-electron chi connectivity index (χ3n) is 8.44. The lowest BCUT2D eigenvalue weighted by Crippen LogP contribution is -2.44. The Labute approximate surface area is 292 Å². The first kappa shape index (κ1) is 39.1. The molecule has 1 aliphatic rings. The van der Waals surface area contributed by atoms with E-state index in [0.29, 0.717) is 58.7 Å². The molecule has 1 aliphatic heterocycles. The Morgan fingerprint density at radius 2 is 1.78 bits per heavy atom. The quantitative estimate of drug-likeness (QED) is 0.0919. The van der Waals surface area contributed by atoms with Gasteiger partial charge < -0.3 is 19.1 Å². The highest BCUT2D eigenvalue weighted by Crippen LogP contribution is 2.28. The van der Waals surface area contributed by atoms with Crippen LogP contribution in [-0.4, -0.2) is 62.9 Å². The molecule has 6 nitrogen and oxygen atoms in total. The number of anilines is 1. The van der Waals surface area contributed by atoms with Crippen molar-refractivity contribution in [1.82, 2.24) is 9.47 Å². The normalized spacial score (nSPS) is 14.9. The van der Waals surface area contributed by atoms with E-state index in [4.69, 9.17) is 21.3 Å². The number of piperazine rings is 1. The third kappa shape index (κ3) is 10.3. The minimum atomic E-state index is -0.420. The maximum atomic E-state index is 15.1. The Balaban J connectivity index is 0.00000319. The number of fused-ring (bicyclic) bond motifs is 1. The molecule has 0 saturated carbocycles. The van der Waals surface area contributed by atoms with Crippen LogP contribution >= 0.6 is 11.6 Å². The largest absolute Gasteiger partial charge is 0.484 e. The van der Waals surface area contributed by atoms with Gasteiger partial charge >= 0.3 is 0 Å². The molecule has 4 rings (SSSR count). The number of likely N-dealkylation sites (N-methyl/N-ethyl adjacent to an activating group) is 1. The highest BCUT2D eigenvalue weighted by atomic mass is 35.5. The maximum absolute atomic E-state index is 15.1. The highest BCUT2D eigenvalue weighted by Gasteiger charge is 2.20. The van der Waals surface area contributed by atoms with E-state index in [2.05, 4.69) is 22.6 Å². The first-order valence-corrected chi connectivity index (χ1v) is 16.6. The smallest absolute Gasteiger partial charge is 0.198 e. The van der Waals surface area contributed by atoms with Gasteiger partial charge in [0.2, 0.25) is 0 Å². The summed E-state index contributed by atoms with van der Waals surface area (Å²) in [5.74, 6) is -0.426. The topological polar surface area (TPSA) is 50.1 Å². The lowest BCUT2D eigenvalue weighted by atomic mass is 10.0. The molecule has 49 heavy (non-hydrogen) atoms. The number of rotatable bonds is 10. The van der Waals surface area contributed by atoms with Gasteiger partial charge in [0.15, 0.2) is 11.3 Å². The molecular weight excluding hydrogens is 649 g/mol. The summed E-state index contributed by atoms with van der Waals surface area (Å²) in [5, 5.41) is 0.829. The maximum Gasteiger partial charge on any atom is 0.198 e. The van der Waals surface area contributed by atoms with E-state index >= 15 is 4.39 Å². The van der Waals surface area contributed by atoms with Crippen molar-refractivity contribution in [3.8, 4) is 0 Å². The summed E-state index contributed by atoms with van der Waals surface area (Å²) in [6.45, 7) is 11.2. The van der Waals surface area contributed by atoms with Gasteiger partial charge in [-0.05, 0) is 81.8 Å². The summed E-state index contributed by atoms with van der Waals surface area (Å²) in [4.78, 5) is 23.8. The van der Waals surface area contributed by atoms with Crippen LogP contribution in [-0.2, 0) is 11.3 Å². The number of aromatic nitrogens is 1. The average Bonchev–Trinajstić information content (AvgIpc) is 3.12. The summed E-state index contributed by atoms with van der Waals surface area (Å²) < 4.78 is 45.8. The van der Waals surface area contributed by atoms with Crippen molar-refractivity contribution in [2.75, 3.05) is 52.4 Å². The van der Waals surface area contributed by atoms with Crippen molar-refractivity contribution in [3.63, 3.8) is 0 Å². The number of halogens is 4. The van der Waals surface area contributed by atoms with Crippen LogP contribution in [0.25, 0.3) is 16.6 Å². The molecule has 262 valence electrons. The van der Waals surface area contributed by atoms with Gasteiger partial charge in [-0.3, -0.25) is 9.18 Å². The molecule has 2 aromatic carbocycles. The van der Waals surface area contributed by atoms with Crippen LogP contribution < -0.4 is 10.3 Å². The van der Waals surface area contributed by atoms with E-state index in [-0.39, 0.29) is 17.8 Å². The predicted octanol–water partition coefficient (Wildman–Crippen LogP) is 9.29. The van der Waals surface area contributed by atoms with E-state index in [0.717, 1.165) is 43.0 Å². The minimum Gasteiger partial charge on any atom is -0.484 e. The summed E-state index contributed by atoms with van der Waals surface area (Å²) in [5.41, 5.74) is 7.43. The molecule has 0 bridgehead atoms. The van der Waals surface area contributed by atoms with E-state index in [9.17, 15) is 13.6 Å². The molecule has 0 atom stereocenters. The van der Waals surface area contributed by atoms with Crippen molar-refractivity contribution in [3.05, 3.63) is 122 Å². The molecule has 0 radical (unpaired) electrons. The first-order chi connectivity index (χ1) is 23.6. The van der Waals surface area contributed by atoms with Gasteiger partial charge in [-0.2, -0.15) is 0 Å². The number of hydrogen-bond donors (Lipinski definition) is 0. The fourth-order valence-corrected chi connectivity index (χ4v) is 5.49. The van der Waals surface area contributed by atoms with Crippen molar-refractivity contribution < 1.29 is 17.9 Å². The molecular formula is C39H46ClF3N4O2. The van der Waals surface area contributed by atoms with Crippen molar-refractivity contribution in [1.29, 1.82) is 0 Å². The zero-order valence-electron chi connectivity index (χ0n) is 29.4. The number of aliphatic imine (C=N–C) groups is 1. The Bertz CT molecular complexity index is 1860. The molecule has 0 aliphatic carbocycles. The van der Waals surface area contributed by atoms with Crippen LogP contribution in [0.15, 0.2) is 99.4 Å². The lowest BCUT2D eigenvalue weighted by Gasteiger charge is -2.34. The fourth-order valence-electron chi connectivity index (χ4n) is 5.33. The van der Waals surface area contributed by atoms with Crippen LogP contribution in [0.3, 0.4) is 0 Å². The van der Waals surface area contributed by atoms with Crippen molar-refractivity contribution in [2.45, 2.75) is 47.1 Å². The number of alkyl halides is 1. The standard InChI is InChI=1S/C38H43ClF2N4O2.CH3F/c1-7-26(4)37(42-36(47-6)21-27(8-2)11-10-12-30(40)9-3)33-25-45(24-28-13-14-29(39)22-34(28)41)35-23-31(15-16-32(35)38(33)46)44-19-17-43(5)18-20-44;1-2/h8-9,11-16,22-23,25H,7,17-21,24H2,1-6H3;1H3/b27-8+,30-9+,37-26?,42-36?;. The second-order valence-corrected chi connectivity index (χ2v) is 12.0. The number of pyridine rings is 1. The molecule has 1 saturated heterocycles. The average molecular weight is 695 g/mol. The molecule has 0 spiro atoms. The summed E-state index contributed by atoms with van der Waals surface area (Å²) in [6, 6.07) is 10.5. The number of allylic oxidation sites excluding steroid dienone is 5. The van der Waals surface area contributed by atoms with E-state index < -0.39 is 5.82 Å². The third-order valence-corrected chi connectivity index (χ3v) is 8.68. The first-order valence-electron chi connectivity index (χ1n) is 16.2. The van der Waals surface area contributed by atoms with Crippen molar-refractivity contribution in [2.24, 2.45) is 4.99 Å². The van der Waals surface area contributed by atoms with E-state index in [1.165, 1.54) is 25.3 Å². The molecule has 1 fully saturated rings. The molecule has 3 aromatic rings. The number of nitrogens with zero attached hydrogens (tertiary/aromatic N) is 4. The van der Waals surface area contributed by atoms with Crippen LogP contribution in [0.2, 0.25) is 5.02 Å². The van der Waals surface area contributed by atoms with Crippen LogP contribution in [0, 0.1) is 5.82 Å². The number of benzene rings is 2. The van der Waals surface area contributed by atoms with E-state index in [1.54, 1.807) is 31.3 Å². The highest BCUT2D eigenvalue weighted by molar-refractivity contribution is 6.30. The van der Waals surface area contributed by atoms with Crippen LogP contribution in [0.5, 0.6) is 0 Å². The van der Waals surface area contributed by atoms with Gasteiger partial charge in [-0.15, -0.1) is 5.73 Å². The Morgan fingerprint density at radius 3 is 2.39 bits per heavy atom. The molecule has 0 amide bonds. The summed E-state index contributed by atoms with van der Waals surface area (Å²) >= 11 is 6.07. The Kier molecular flexibility index (Phi) is 15.2. The van der Waals surface area contributed by atoms with Gasteiger partial charge in [0.05, 0.1) is 37.6 Å². The monoisotopic (exact) mass is 694 g/mol. The van der Waals surface area contributed by atoms with Gasteiger partial charge in [0.1, 0.15) is 11.6 Å². The molecule has 0 N–H and O–H groups in total. The predicted molar refractivity (Wildman–Crippen MR) is 199 cm³/mol. The van der Waals surface area contributed by atoms with Gasteiger partial charge in [0, 0.05) is 66.5 Å². The zero-order valence-corrected chi connectivity index (χ0v) is 30.2. The number of methoxy groups -OCH3 is 1.